The number of hydrogen-bond acceptors (Lipinski definition) is 3. The third-order valence-corrected chi connectivity index (χ3v) is 2.92. The number of carbonyl (C=O) groups excluding carboxylic acids is 1. The van der Waals surface area contributed by atoms with Crippen molar-refractivity contribution in [3.05, 3.63) is 26.0 Å². The van der Waals surface area contributed by atoms with Gasteiger partial charge in [-0.15, -0.1) is 0 Å². The maximum absolute atomic E-state index is 12.5. The van der Waals surface area contributed by atoms with Crippen LogP contribution in [0.15, 0.2) is 6.07 Å². The van der Waals surface area contributed by atoms with E-state index < -0.39 is 12.4 Å². The molecule has 1 aromatic rings. The molecular formula is C9H7ClF2INO2. The quantitative estimate of drug-likeness (QED) is 0.472. The van der Waals surface area contributed by atoms with Crippen LogP contribution >= 0.6 is 34.2 Å². The van der Waals surface area contributed by atoms with Crippen molar-refractivity contribution in [2.45, 2.75) is 12.8 Å². The zero-order valence-corrected chi connectivity index (χ0v) is 11.1. The molecule has 0 aliphatic heterocycles. The van der Waals surface area contributed by atoms with Gasteiger partial charge in [0.2, 0.25) is 0 Å². The average Bonchev–Trinajstić information content (AvgIpc) is 2.15. The number of nitrogens with zero attached hydrogens (tertiary/aromatic N) is 1. The molecule has 3 nitrogen and oxygen atoms in total. The Kier molecular flexibility index (Phi) is 4.85. The predicted molar refractivity (Wildman–Crippen MR) is 62.6 cm³/mol. The van der Waals surface area contributed by atoms with Gasteiger partial charge in [-0.05, 0) is 28.7 Å². The molecule has 0 amide bonds. The molecule has 0 N–H and O–H groups in total. The van der Waals surface area contributed by atoms with Gasteiger partial charge in [0.1, 0.15) is 3.70 Å². The Balaban J connectivity index is 3.05. The molecule has 0 spiro atoms. The van der Waals surface area contributed by atoms with Gasteiger partial charge in [-0.2, -0.15) is 0 Å². The number of halogens is 4. The number of pyridine rings is 1. The van der Waals surface area contributed by atoms with Gasteiger partial charge >= 0.3 is 5.97 Å². The molecule has 0 aliphatic rings. The minimum atomic E-state index is -2.68. The monoisotopic (exact) mass is 361 g/mol. The summed E-state index contributed by atoms with van der Waals surface area (Å²) in [7, 11) is 1.24. The lowest BCUT2D eigenvalue weighted by atomic mass is 10.2. The van der Waals surface area contributed by atoms with Crippen molar-refractivity contribution < 1.29 is 18.3 Å². The number of carbonyl (C=O) groups is 1. The van der Waals surface area contributed by atoms with Crippen LogP contribution in [0.4, 0.5) is 8.78 Å². The Bertz CT molecular complexity index is 391. The van der Waals surface area contributed by atoms with Crippen molar-refractivity contribution in [2.24, 2.45) is 0 Å². The van der Waals surface area contributed by atoms with Crippen LogP contribution in [0.1, 0.15) is 17.7 Å². The van der Waals surface area contributed by atoms with Crippen molar-refractivity contribution in [3.8, 4) is 0 Å². The van der Waals surface area contributed by atoms with Gasteiger partial charge in [0, 0.05) is 0 Å². The van der Waals surface area contributed by atoms with Gasteiger partial charge in [0.25, 0.3) is 6.43 Å². The summed E-state index contributed by atoms with van der Waals surface area (Å²) in [5.41, 5.74) is 0.00142. The Morgan fingerprint density at radius 2 is 2.31 bits per heavy atom. The van der Waals surface area contributed by atoms with E-state index in [0.717, 1.165) is 0 Å². The van der Waals surface area contributed by atoms with E-state index in [1.807, 2.05) is 0 Å². The SMILES string of the molecule is COC(=O)Cc1cc(Cl)c(C(F)F)c(I)n1. The van der Waals surface area contributed by atoms with Gasteiger partial charge in [-0.3, -0.25) is 4.79 Å². The fourth-order valence-electron chi connectivity index (χ4n) is 1.05. The minimum Gasteiger partial charge on any atom is -0.469 e. The Morgan fingerprint density at radius 1 is 1.69 bits per heavy atom. The number of methoxy groups -OCH3 is 1. The molecule has 0 atom stereocenters. The first kappa shape index (κ1) is 13.6. The topological polar surface area (TPSA) is 39.2 Å². The summed E-state index contributed by atoms with van der Waals surface area (Å²) in [5, 5.41) is -0.0895. The van der Waals surface area contributed by atoms with Gasteiger partial charge in [0.15, 0.2) is 0 Å². The summed E-state index contributed by atoms with van der Waals surface area (Å²) in [4.78, 5) is 14.8. The highest BCUT2D eigenvalue weighted by molar-refractivity contribution is 14.1. The standard InChI is InChI=1S/C9H7ClF2INO2/c1-16-6(15)3-4-2-5(10)7(8(11)12)9(13)14-4/h2,8H,3H2,1H3. The molecule has 0 unspecified atom stereocenters. The van der Waals surface area contributed by atoms with Crippen molar-refractivity contribution in [3.63, 3.8) is 0 Å². The molecule has 1 heterocycles. The van der Waals surface area contributed by atoms with Crippen LogP contribution < -0.4 is 0 Å². The smallest absolute Gasteiger partial charge is 0.311 e. The summed E-state index contributed by atoms with van der Waals surface area (Å²) < 4.78 is 29.6. The largest absolute Gasteiger partial charge is 0.469 e. The highest BCUT2D eigenvalue weighted by Crippen LogP contribution is 2.30. The third kappa shape index (κ3) is 3.24. The zero-order chi connectivity index (χ0) is 12.3. The fourth-order valence-corrected chi connectivity index (χ4v) is 2.34. The highest BCUT2D eigenvalue weighted by atomic mass is 127. The fraction of sp³-hybridized carbons (Fsp3) is 0.333. The van der Waals surface area contributed by atoms with E-state index in [9.17, 15) is 13.6 Å². The molecule has 0 fully saturated rings. The van der Waals surface area contributed by atoms with Gasteiger partial charge in [0.05, 0.1) is 29.8 Å². The van der Waals surface area contributed by atoms with E-state index in [-0.39, 0.29) is 20.7 Å². The van der Waals surface area contributed by atoms with Crippen molar-refractivity contribution in [1.29, 1.82) is 0 Å². The lowest BCUT2D eigenvalue weighted by molar-refractivity contribution is -0.139. The molecule has 16 heavy (non-hydrogen) atoms. The second kappa shape index (κ2) is 5.72. The van der Waals surface area contributed by atoms with Crippen molar-refractivity contribution in [1.82, 2.24) is 4.98 Å². The molecule has 0 aromatic carbocycles. The van der Waals surface area contributed by atoms with E-state index in [1.54, 1.807) is 22.6 Å². The predicted octanol–water partition coefficient (Wildman–Crippen LogP) is 2.99. The normalized spacial score (nSPS) is 10.6. The van der Waals surface area contributed by atoms with E-state index in [1.165, 1.54) is 13.2 Å². The van der Waals surface area contributed by atoms with Crippen LogP contribution in [-0.4, -0.2) is 18.1 Å². The lowest BCUT2D eigenvalue weighted by Crippen LogP contribution is -2.08. The van der Waals surface area contributed by atoms with Crippen LogP contribution in [-0.2, 0) is 16.0 Å². The van der Waals surface area contributed by atoms with E-state index in [4.69, 9.17) is 11.6 Å². The van der Waals surface area contributed by atoms with Crippen LogP contribution in [0.3, 0.4) is 0 Å². The van der Waals surface area contributed by atoms with Gasteiger partial charge in [-0.1, -0.05) is 11.6 Å². The van der Waals surface area contributed by atoms with Crippen LogP contribution in [0, 0.1) is 3.70 Å². The first-order valence-electron chi connectivity index (χ1n) is 4.15. The van der Waals surface area contributed by atoms with Crippen LogP contribution in [0.25, 0.3) is 0 Å². The molecule has 88 valence electrons. The summed E-state index contributed by atoms with van der Waals surface area (Å²) >= 11 is 7.34. The number of hydrogen-bond donors (Lipinski definition) is 0. The minimum absolute atomic E-state index is 0.0876. The molecular weight excluding hydrogens is 354 g/mol. The Morgan fingerprint density at radius 3 is 2.75 bits per heavy atom. The summed E-state index contributed by atoms with van der Waals surface area (Å²) in [6.45, 7) is 0. The second-order valence-corrected chi connectivity index (χ2v) is 4.28. The zero-order valence-electron chi connectivity index (χ0n) is 8.14. The van der Waals surface area contributed by atoms with Crippen molar-refractivity contribution >= 4 is 40.2 Å². The molecule has 1 rings (SSSR count). The second-order valence-electron chi connectivity index (χ2n) is 2.85. The Hall–Kier alpha value is -0.500. The van der Waals surface area contributed by atoms with Crippen LogP contribution in [0.2, 0.25) is 5.02 Å². The summed E-state index contributed by atoms with van der Waals surface area (Å²) in [6.07, 6.45) is -2.77. The molecule has 0 bridgehead atoms. The maximum atomic E-state index is 12.5. The molecule has 1 aromatic heterocycles. The highest BCUT2D eigenvalue weighted by Gasteiger charge is 2.19. The first-order chi connectivity index (χ1) is 7.45. The Labute approximate surface area is 109 Å². The molecule has 0 saturated carbocycles. The number of ether oxygens (including phenoxy) is 1. The van der Waals surface area contributed by atoms with Crippen LogP contribution in [0.5, 0.6) is 0 Å². The number of esters is 1. The number of aromatic nitrogens is 1. The lowest BCUT2D eigenvalue weighted by Gasteiger charge is -2.07. The van der Waals surface area contributed by atoms with E-state index >= 15 is 0 Å². The van der Waals surface area contributed by atoms with E-state index in [2.05, 4.69) is 9.72 Å². The molecule has 0 saturated heterocycles. The van der Waals surface area contributed by atoms with Crippen molar-refractivity contribution in [2.75, 3.05) is 7.11 Å². The molecule has 7 heteroatoms. The van der Waals surface area contributed by atoms with Gasteiger partial charge < -0.3 is 4.74 Å². The molecule has 0 aliphatic carbocycles. The summed E-state index contributed by atoms with van der Waals surface area (Å²) in [6, 6.07) is 1.25. The average molecular weight is 362 g/mol. The van der Waals surface area contributed by atoms with E-state index in [0.29, 0.717) is 5.69 Å². The van der Waals surface area contributed by atoms with Gasteiger partial charge in [-0.25, -0.2) is 13.8 Å². The number of alkyl halides is 2. The number of rotatable bonds is 3. The first-order valence-corrected chi connectivity index (χ1v) is 5.61. The summed E-state index contributed by atoms with van der Waals surface area (Å²) in [5.74, 6) is -0.496. The molecule has 0 radical (unpaired) electrons. The maximum Gasteiger partial charge on any atom is 0.311 e. The third-order valence-electron chi connectivity index (χ3n) is 1.79.